The molecule has 0 radical (unpaired) electrons. The summed E-state index contributed by atoms with van der Waals surface area (Å²) in [5.41, 5.74) is 1.48. The quantitative estimate of drug-likeness (QED) is 0.530. The zero-order valence-electron chi connectivity index (χ0n) is 18.5. The molecule has 0 fully saturated rings. The maximum absolute atomic E-state index is 13.3. The molecule has 1 aliphatic rings. The van der Waals surface area contributed by atoms with Crippen LogP contribution in [0.2, 0.25) is 5.02 Å². The van der Waals surface area contributed by atoms with E-state index < -0.39 is 21.8 Å². The number of nitrogens with zero attached hydrogens (tertiary/aromatic N) is 2. The lowest BCUT2D eigenvalue weighted by Crippen LogP contribution is -2.30. The minimum absolute atomic E-state index is 0.0170. The van der Waals surface area contributed by atoms with Crippen molar-refractivity contribution < 1.29 is 18.0 Å². The minimum Gasteiger partial charge on any atom is -0.279 e. The molecule has 0 spiro atoms. The molecule has 2 aromatic carbocycles. The molecule has 0 bridgehead atoms. The summed E-state index contributed by atoms with van der Waals surface area (Å²) in [6.45, 7) is 7.77. The average Bonchev–Trinajstić information content (AvgIpc) is 3.01. The molecule has 1 N–H and O–H groups in total. The number of hydrogen-bond donors (Lipinski definition) is 1. The predicted molar refractivity (Wildman–Crippen MR) is 128 cm³/mol. The number of hydrogen-bond acceptors (Lipinski definition) is 5. The van der Waals surface area contributed by atoms with E-state index >= 15 is 0 Å². The van der Waals surface area contributed by atoms with Gasteiger partial charge < -0.3 is 0 Å². The van der Waals surface area contributed by atoms with Gasteiger partial charge >= 0.3 is 0 Å². The van der Waals surface area contributed by atoms with Gasteiger partial charge in [-0.25, -0.2) is 13.3 Å². The molecule has 2 heterocycles. The number of pyridine rings is 1. The van der Waals surface area contributed by atoms with E-state index in [0.29, 0.717) is 11.4 Å². The summed E-state index contributed by atoms with van der Waals surface area (Å²) in [6, 6.07) is 12.5. The first-order valence-corrected chi connectivity index (χ1v) is 12.0. The number of amides is 2. The number of anilines is 2. The lowest BCUT2D eigenvalue weighted by molar-refractivity contribution is 0.0926. The summed E-state index contributed by atoms with van der Waals surface area (Å²) in [5.74, 6) is -1.30. The van der Waals surface area contributed by atoms with Crippen molar-refractivity contribution in [1.29, 1.82) is 0 Å². The molecule has 7 nitrogen and oxygen atoms in total. The number of aromatic nitrogens is 1. The van der Waals surface area contributed by atoms with Crippen LogP contribution in [-0.4, -0.2) is 25.2 Å². The van der Waals surface area contributed by atoms with Crippen LogP contribution in [0.3, 0.4) is 0 Å². The molecule has 170 valence electrons. The second-order valence-corrected chi connectivity index (χ2v) is 10.9. The fourth-order valence-corrected chi connectivity index (χ4v) is 4.99. The second-order valence-electron chi connectivity index (χ2n) is 8.78. The molecule has 4 rings (SSSR count). The van der Waals surface area contributed by atoms with Gasteiger partial charge in [0.05, 0.1) is 38.1 Å². The van der Waals surface area contributed by atoms with E-state index in [2.05, 4.69) is 9.71 Å². The van der Waals surface area contributed by atoms with Crippen LogP contribution < -0.4 is 9.62 Å². The summed E-state index contributed by atoms with van der Waals surface area (Å²) >= 11 is 6.25. The molecule has 1 aromatic heterocycles. The van der Waals surface area contributed by atoms with Crippen LogP contribution in [0.15, 0.2) is 59.6 Å². The Morgan fingerprint density at radius 3 is 2.18 bits per heavy atom. The number of fused-ring (bicyclic) bond motifs is 1. The van der Waals surface area contributed by atoms with Gasteiger partial charge in [-0.15, -0.1) is 0 Å². The number of nitrogens with one attached hydrogen (secondary N) is 1. The van der Waals surface area contributed by atoms with Crippen LogP contribution in [0.25, 0.3) is 0 Å². The van der Waals surface area contributed by atoms with E-state index in [1.54, 1.807) is 37.4 Å². The number of sulfonamides is 1. The number of carbonyl (C=O) groups is 2. The number of benzene rings is 2. The summed E-state index contributed by atoms with van der Waals surface area (Å²) in [4.78, 5) is 31.5. The molecule has 1 aliphatic heterocycles. The summed E-state index contributed by atoms with van der Waals surface area (Å²) in [5, 5.41) is 0.0601. The molecule has 33 heavy (non-hydrogen) atoms. The summed E-state index contributed by atoms with van der Waals surface area (Å²) in [6.07, 6.45) is 1.55. The SMILES string of the molecule is Cc1ncccc1N1C(=O)c2c(Cl)ccc(NS(=O)(=O)c3ccc(C(C)(C)C)cc3)c2C1=O. The van der Waals surface area contributed by atoms with Gasteiger partial charge in [-0.3, -0.25) is 19.3 Å². The van der Waals surface area contributed by atoms with Crippen molar-refractivity contribution in [3.05, 3.63) is 82.1 Å². The van der Waals surface area contributed by atoms with Crippen LogP contribution in [0, 0.1) is 6.92 Å². The Kier molecular flexibility index (Phi) is 5.54. The lowest BCUT2D eigenvalue weighted by Gasteiger charge is -2.19. The number of aryl methyl sites for hydroxylation is 1. The van der Waals surface area contributed by atoms with Gasteiger partial charge in [0.15, 0.2) is 0 Å². The van der Waals surface area contributed by atoms with Crippen LogP contribution >= 0.6 is 11.6 Å². The van der Waals surface area contributed by atoms with Crippen molar-refractivity contribution >= 4 is 44.8 Å². The van der Waals surface area contributed by atoms with Gasteiger partial charge in [-0.2, -0.15) is 0 Å². The van der Waals surface area contributed by atoms with Gasteiger partial charge in [0, 0.05) is 6.20 Å². The van der Waals surface area contributed by atoms with Crippen molar-refractivity contribution in [2.45, 2.75) is 38.0 Å². The van der Waals surface area contributed by atoms with E-state index in [1.165, 1.54) is 24.3 Å². The van der Waals surface area contributed by atoms with Crippen molar-refractivity contribution in [3.8, 4) is 0 Å². The Bertz CT molecular complexity index is 1390. The van der Waals surface area contributed by atoms with Crippen LogP contribution in [0.5, 0.6) is 0 Å². The topological polar surface area (TPSA) is 96.4 Å². The van der Waals surface area contributed by atoms with E-state index in [4.69, 9.17) is 11.6 Å². The number of imide groups is 1. The highest BCUT2D eigenvalue weighted by atomic mass is 35.5. The van der Waals surface area contributed by atoms with E-state index in [-0.39, 0.29) is 32.1 Å². The van der Waals surface area contributed by atoms with E-state index in [1.807, 2.05) is 20.8 Å². The van der Waals surface area contributed by atoms with Crippen molar-refractivity contribution in [3.63, 3.8) is 0 Å². The van der Waals surface area contributed by atoms with Gasteiger partial charge in [0.25, 0.3) is 21.8 Å². The maximum atomic E-state index is 13.3. The first-order valence-electron chi connectivity index (χ1n) is 10.2. The standard InChI is InChI=1S/C24H22ClN3O4S/c1-14-19(6-5-13-26-14)28-22(29)20-17(25)11-12-18(21(20)23(28)30)27-33(31,32)16-9-7-15(8-10-16)24(2,3)4/h5-13,27H,1-4H3. The third-order valence-electron chi connectivity index (χ3n) is 5.48. The molecule has 0 unspecified atom stereocenters. The Labute approximate surface area is 197 Å². The minimum atomic E-state index is -4.03. The average molecular weight is 484 g/mol. The first-order chi connectivity index (χ1) is 15.4. The molecule has 9 heteroatoms. The van der Waals surface area contributed by atoms with Crippen LogP contribution in [0.1, 0.15) is 52.7 Å². The number of halogens is 1. The highest BCUT2D eigenvalue weighted by Crippen LogP contribution is 2.38. The zero-order chi connectivity index (χ0) is 24.1. The number of carbonyl (C=O) groups excluding carboxylic acids is 2. The lowest BCUT2D eigenvalue weighted by atomic mass is 9.87. The zero-order valence-corrected chi connectivity index (χ0v) is 20.1. The maximum Gasteiger partial charge on any atom is 0.268 e. The molecular formula is C24H22ClN3O4S. The van der Waals surface area contributed by atoms with Gasteiger partial charge in [-0.05, 0) is 54.3 Å². The third kappa shape index (κ3) is 4.00. The second kappa shape index (κ2) is 7.97. The Balaban J connectivity index is 1.75. The number of rotatable bonds is 4. The van der Waals surface area contributed by atoms with Crippen molar-refractivity contribution in [1.82, 2.24) is 4.98 Å². The van der Waals surface area contributed by atoms with Gasteiger partial charge in [0.2, 0.25) is 0 Å². The molecule has 3 aromatic rings. The molecule has 0 atom stereocenters. The van der Waals surface area contributed by atoms with E-state index in [0.717, 1.165) is 10.5 Å². The van der Waals surface area contributed by atoms with Crippen LogP contribution in [0.4, 0.5) is 11.4 Å². The fraction of sp³-hybridized carbons (Fsp3) is 0.208. The summed E-state index contributed by atoms with van der Waals surface area (Å²) in [7, 11) is -4.03. The first kappa shape index (κ1) is 22.9. The summed E-state index contributed by atoms with van der Waals surface area (Å²) < 4.78 is 28.6. The van der Waals surface area contributed by atoms with Crippen LogP contribution in [-0.2, 0) is 15.4 Å². The van der Waals surface area contributed by atoms with Crippen molar-refractivity contribution in [2.75, 3.05) is 9.62 Å². The van der Waals surface area contributed by atoms with Gasteiger partial charge in [-0.1, -0.05) is 44.5 Å². The van der Waals surface area contributed by atoms with Crippen molar-refractivity contribution in [2.24, 2.45) is 0 Å². The normalized spacial score (nSPS) is 13.9. The Hall–Kier alpha value is -3.23. The predicted octanol–water partition coefficient (Wildman–Crippen LogP) is 4.94. The van der Waals surface area contributed by atoms with E-state index in [9.17, 15) is 18.0 Å². The molecule has 0 saturated carbocycles. The van der Waals surface area contributed by atoms with Gasteiger partial charge in [0.1, 0.15) is 0 Å². The third-order valence-corrected chi connectivity index (χ3v) is 7.18. The monoisotopic (exact) mass is 483 g/mol. The molecule has 0 saturated heterocycles. The molecule has 2 amide bonds. The molecule has 0 aliphatic carbocycles. The fourth-order valence-electron chi connectivity index (χ4n) is 3.68. The smallest absolute Gasteiger partial charge is 0.268 e. The highest BCUT2D eigenvalue weighted by molar-refractivity contribution is 7.92. The highest BCUT2D eigenvalue weighted by Gasteiger charge is 2.41. The Morgan fingerprint density at radius 1 is 0.939 bits per heavy atom. The Morgan fingerprint density at radius 2 is 1.58 bits per heavy atom. The largest absolute Gasteiger partial charge is 0.279 e. The molecular weight excluding hydrogens is 462 g/mol.